The molecule has 2 N–H and O–H groups in total. The second kappa shape index (κ2) is 6.10. The van der Waals surface area contributed by atoms with E-state index in [-0.39, 0.29) is 5.91 Å². The quantitative estimate of drug-likeness (QED) is 0.901. The lowest BCUT2D eigenvalue weighted by molar-refractivity contribution is -0.123. The van der Waals surface area contributed by atoms with Crippen LogP contribution in [0.25, 0.3) is 0 Å². The van der Waals surface area contributed by atoms with Crippen LogP contribution in [0.2, 0.25) is 0 Å². The number of rotatable bonds is 3. The molecule has 2 aromatic rings. The summed E-state index contributed by atoms with van der Waals surface area (Å²) < 4.78 is 0. The fourth-order valence-corrected chi connectivity index (χ4v) is 1.97. The number of amides is 1. The topological polar surface area (TPSA) is 49.3 Å². The highest BCUT2D eigenvalue weighted by molar-refractivity contribution is 5.95. The van der Waals surface area contributed by atoms with Gasteiger partial charge in [-0.15, -0.1) is 0 Å². The minimum Gasteiger partial charge on any atom is -0.384 e. The van der Waals surface area contributed by atoms with E-state index >= 15 is 0 Å². The molecule has 3 nitrogen and oxygen atoms in total. The Morgan fingerprint density at radius 2 is 1.57 bits per heavy atom. The summed E-state index contributed by atoms with van der Waals surface area (Å²) in [6.07, 6.45) is -0.761. The highest BCUT2D eigenvalue weighted by Crippen LogP contribution is 2.29. The Bertz CT molecular complexity index is 615. The first kappa shape index (κ1) is 15.3. The molecule has 0 bridgehead atoms. The Morgan fingerprint density at radius 3 is 2.19 bits per heavy atom. The van der Waals surface area contributed by atoms with Crippen LogP contribution < -0.4 is 5.32 Å². The molecule has 0 aliphatic carbocycles. The van der Waals surface area contributed by atoms with Crippen molar-refractivity contribution >= 4 is 11.6 Å². The predicted molar refractivity (Wildman–Crippen MR) is 85.0 cm³/mol. The van der Waals surface area contributed by atoms with E-state index in [4.69, 9.17) is 0 Å². The molecule has 0 unspecified atom stereocenters. The molecule has 1 amide bonds. The Morgan fingerprint density at radius 1 is 1.00 bits per heavy atom. The lowest BCUT2D eigenvalue weighted by atomic mass is 9.94. The second-order valence-electron chi connectivity index (χ2n) is 6.10. The number of carbonyl (C=O) groups excluding carboxylic acids is 1. The number of nitrogens with one attached hydrogen (secondary N) is 1. The zero-order chi connectivity index (χ0) is 15.5. The lowest BCUT2D eigenvalue weighted by Gasteiger charge is -2.21. The summed E-state index contributed by atoms with van der Waals surface area (Å²) in [5, 5.41) is 13.4. The summed E-state index contributed by atoms with van der Waals surface area (Å²) in [6.45, 7) is 5.58. The number of aliphatic hydroxyl groups is 1. The highest BCUT2D eigenvalue weighted by Gasteiger charge is 2.23. The number of carbonyl (C=O) groups is 1. The largest absolute Gasteiger partial charge is 0.384 e. The minimum absolute atomic E-state index is 0.0739. The van der Waals surface area contributed by atoms with Gasteiger partial charge in [0, 0.05) is 16.7 Å². The highest BCUT2D eigenvalue weighted by atomic mass is 16.3. The number of benzene rings is 2. The molecule has 3 heteroatoms. The first-order valence-electron chi connectivity index (χ1n) is 7.03. The molecule has 1 atom stereocenters. The molecular weight excluding hydrogens is 262 g/mol. The van der Waals surface area contributed by atoms with Crippen molar-refractivity contribution in [2.75, 3.05) is 5.32 Å². The van der Waals surface area contributed by atoms with Crippen molar-refractivity contribution in [3.63, 3.8) is 0 Å². The smallest absolute Gasteiger partial charge is 0.229 e. The Labute approximate surface area is 125 Å². The number of hydrogen-bond acceptors (Lipinski definition) is 2. The standard InChI is InChI=1S/C18H21NO2/c1-18(2,3)17(21)19-15-12-8-7-11-14(15)16(20)13-9-5-4-6-10-13/h4-12,16,20H,1-3H3,(H,19,21)/t16-/m1/s1. The third-order valence-electron chi connectivity index (χ3n) is 3.30. The fraction of sp³-hybridized carbons (Fsp3) is 0.278. The van der Waals surface area contributed by atoms with E-state index < -0.39 is 11.5 Å². The molecule has 110 valence electrons. The summed E-state index contributed by atoms with van der Waals surface area (Å²) in [5.74, 6) is -0.0739. The van der Waals surface area contributed by atoms with Gasteiger partial charge in [0.25, 0.3) is 0 Å². The molecule has 0 radical (unpaired) electrons. The summed E-state index contributed by atoms with van der Waals surface area (Å²) in [6, 6.07) is 16.8. The van der Waals surface area contributed by atoms with Crippen molar-refractivity contribution in [1.82, 2.24) is 0 Å². The van der Waals surface area contributed by atoms with Gasteiger partial charge in [-0.05, 0) is 11.6 Å². The van der Waals surface area contributed by atoms with Gasteiger partial charge in [-0.1, -0.05) is 69.3 Å². The van der Waals surface area contributed by atoms with Gasteiger partial charge in [0.15, 0.2) is 0 Å². The molecule has 0 aliphatic heterocycles. The molecule has 21 heavy (non-hydrogen) atoms. The normalized spacial score (nSPS) is 12.8. The van der Waals surface area contributed by atoms with Gasteiger partial charge in [0.2, 0.25) is 5.91 Å². The zero-order valence-electron chi connectivity index (χ0n) is 12.6. The van der Waals surface area contributed by atoms with Crippen LogP contribution in [0.3, 0.4) is 0 Å². The molecule has 0 saturated heterocycles. The second-order valence-corrected chi connectivity index (χ2v) is 6.10. The SMILES string of the molecule is CC(C)(C)C(=O)Nc1ccccc1[C@H](O)c1ccccc1. The summed E-state index contributed by atoms with van der Waals surface area (Å²) >= 11 is 0. The molecule has 0 aromatic heterocycles. The van der Waals surface area contributed by atoms with E-state index in [0.29, 0.717) is 11.3 Å². The van der Waals surface area contributed by atoms with E-state index in [0.717, 1.165) is 5.56 Å². The van der Waals surface area contributed by atoms with E-state index in [1.54, 1.807) is 0 Å². The maximum atomic E-state index is 12.2. The minimum atomic E-state index is -0.761. The summed E-state index contributed by atoms with van der Waals surface area (Å²) in [7, 11) is 0. The maximum Gasteiger partial charge on any atom is 0.229 e. The van der Waals surface area contributed by atoms with Crippen LogP contribution in [0, 0.1) is 5.41 Å². The zero-order valence-corrected chi connectivity index (χ0v) is 12.6. The number of para-hydroxylation sites is 1. The van der Waals surface area contributed by atoms with E-state index in [2.05, 4.69) is 5.32 Å². The van der Waals surface area contributed by atoms with Crippen molar-refractivity contribution in [3.05, 3.63) is 65.7 Å². The molecule has 0 heterocycles. The summed E-state index contributed by atoms with van der Waals surface area (Å²) in [5.41, 5.74) is 1.66. The summed E-state index contributed by atoms with van der Waals surface area (Å²) in [4.78, 5) is 12.2. The molecule has 0 fully saturated rings. The van der Waals surface area contributed by atoms with Crippen molar-refractivity contribution < 1.29 is 9.90 Å². The van der Waals surface area contributed by atoms with Crippen LogP contribution in [0.1, 0.15) is 38.0 Å². The van der Waals surface area contributed by atoms with Crippen LogP contribution in [-0.4, -0.2) is 11.0 Å². The molecule has 0 saturated carbocycles. The van der Waals surface area contributed by atoms with E-state index in [1.807, 2.05) is 75.4 Å². The number of anilines is 1. The predicted octanol–water partition coefficient (Wildman–Crippen LogP) is 3.75. The van der Waals surface area contributed by atoms with Crippen LogP contribution in [0.5, 0.6) is 0 Å². The molecule has 0 aliphatic rings. The molecule has 2 aromatic carbocycles. The van der Waals surface area contributed by atoms with Gasteiger partial charge < -0.3 is 10.4 Å². The fourth-order valence-electron chi connectivity index (χ4n) is 1.97. The van der Waals surface area contributed by atoms with Crippen LogP contribution in [0.4, 0.5) is 5.69 Å². The van der Waals surface area contributed by atoms with Crippen LogP contribution in [-0.2, 0) is 4.79 Å². The monoisotopic (exact) mass is 283 g/mol. The van der Waals surface area contributed by atoms with E-state index in [1.165, 1.54) is 0 Å². The number of hydrogen-bond donors (Lipinski definition) is 2. The molecular formula is C18H21NO2. The lowest BCUT2D eigenvalue weighted by Crippen LogP contribution is -2.28. The Balaban J connectivity index is 2.31. The van der Waals surface area contributed by atoms with Crippen LogP contribution in [0.15, 0.2) is 54.6 Å². The van der Waals surface area contributed by atoms with E-state index in [9.17, 15) is 9.90 Å². The van der Waals surface area contributed by atoms with Gasteiger partial charge in [-0.2, -0.15) is 0 Å². The van der Waals surface area contributed by atoms with Gasteiger partial charge in [0.05, 0.1) is 0 Å². The molecule has 0 spiro atoms. The molecule has 2 rings (SSSR count). The van der Waals surface area contributed by atoms with Gasteiger partial charge >= 0.3 is 0 Å². The third kappa shape index (κ3) is 3.70. The third-order valence-corrected chi connectivity index (χ3v) is 3.30. The first-order chi connectivity index (χ1) is 9.89. The Kier molecular flexibility index (Phi) is 4.43. The number of aliphatic hydroxyl groups excluding tert-OH is 1. The maximum absolute atomic E-state index is 12.2. The van der Waals surface area contributed by atoms with Crippen molar-refractivity contribution in [2.24, 2.45) is 5.41 Å². The van der Waals surface area contributed by atoms with Gasteiger partial charge in [-0.3, -0.25) is 4.79 Å². The van der Waals surface area contributed by atoms with Crippen molar-refractivity contribution in [2.45, 2.75) is 26.9 Å². The van der Waals surface area contributed by atoms with Crippen LogP contribution >= 0.6 is 0 Å². The van der Waals surface area contributed by atoms with Gasteiger partial charge in [-0.25, -0.2) is 0 Å². The van der Waals surface area contributed by atoms with Gasteiger partial charge in [0.1, 0.15) is 6.10 Å². The average molecular weight is 283 g/mol. The van der Waals surface area contributed by atoms with Crippen molar-refractivity contribution in [3.8, 4) is 0 Å². The first-order valence-corrected chi connectivity index (χ1v) is 7.03. The van der Waals surface area contributed by atoms with Crippen molar-refractivity contribution in [1.29, 1.82) is 0 Å². The average Bonchev–Trinajstić information content (AvgIpc) is 2.47. The Hall–Kier alpha value is -2.13.